The lowest BCUT2D eigenvalue weighted by Gasteiger charge is -2.10. The fourth-order valence-electron chi connectivity index (χ4n) is 1.88. The van der Waals surface area contributed by atoms with Crippen LogP contribution in [0.15, 0.2) is 47.6 Å². The van der Waals surface area contributed by atoms with Crippen LogP contribution in [0.5, 0.6) is 11.6 Å². The fourth-order valence-corrected chi connectivity index (χ4v) is 1.88. The van der Waals surface area contributed by atoms with Gasteiger partial charge in [-0.2, -0.15) is 13.2 Å². The first-order valence-electron chi connectivity index (χ1n) is 7.62. The molecule has 0 radical (unpaired) electrons. The molecule has 1 aromatic heterocycles. The number of guanidine groups is 1. The van der Waals surface area contributed by atoms with Gasteiger partial charge in [0.2, 0.25) is 5.88 Å². The smallest absolute Gasteiger partial charge is 0.476 e. The number of aliphatic imine (C=N–C) groups is 1. The molecule has 2 aromatic rings. The van der Waals surface area contributed by atoms with E-state index in [2.05, 4.69) is 20.0 Å². The van der Waals surface area contributed by atoms with Crippen molar-refractivity contribution in [3.63, 3.8) is 0 Å². The number of hydrogen-bond donors (Lipinski definition) is 2. The van der Waals surface area contributed by atoms with Crippen molar-refractivity contribution in [1.29, 1.82) is 0 Å². The minimum atomic E-state index is -4.78. The van der Waals surface area contributed by atoms with Crippen LogP contribution in [-0.4, -0.2) is 30.5 Å². The third-order valence-electron chi connectivity index (χ3n) is 3.05. The molecule has 2 rings (SSSR count). The molecule has 160 valence electrons. The second-order valence-electron chi connectivity index (χ2n) is 5.20. The normalized spacial score (nSPS) is 12.1. The third-order valence-corrected chi connectivity index (χ3v) is 3.05. The molecular weight excluding hydrogens is 521 g/mol. The molecule has 0 amide bonds. The van der Waals surface area contributed by atoms with Gasteiger partial charge in [0.05, 0.1) is 12.1 Å². The van der Waals surface area contributed by atoms with Gasteiger partial charge in [-0.3, -0.25) is 0 Å². The molecule has 13 heteroatoms. The lowest BCUT2D eigenvalue weighted by Crippen LogP contribution is -2.23. The van der Waals surface area contributed by atoms with E-state index >= 15 is 0 Å². The van der Waals surface area contributed by atoms with Crippen molar-refractivity contribution in [2.45, 2.75) is 12.5 Å². The van der Waals surface area contributed by atoms with Gasteiger partial charge in [-0.25, -0.2) is 9.98 Å². The Labute approximate surface area is 178 Å². The Kier molecular flexibility index (Phi) is 8.79. The average Bonchev–Trinajstić information content (AvgIpc) is 2.59. The monoisotopic (exact) mass is 536 g/mol. The molecule has 0 unspecified atom stereocenters. The summed E-state index contributed by atoms with van der Waals surface area (Å²) in [5.41, 5.74) is 5.11. The van der Waals surface area contributed by atoms with Crippen LogP contribution in [0.4, 0.5) is 32.0 Å². The molecular formula is C16H15F6IN4O2. The molecule has 0 saturated carbocycles. The van der Waals surface area contributed by atoms with Crippen LogP contribution in [-0.2, 0) is 6.18 Å². The molecule has 0 atom stereocenters. The number of hydrogen-bond acceptors (Lipinski definition) is 4. The van der Waals surface area contributed by atoms with Gasteiger partial charge < -0.3 is 20.5 Å². The van der Waals surface area contributed by atoms with Crippen molar-refractivity contribution in [1.82, 2.24) is 4.98 Å². The number of nitrogens with two attached hydrogens (primary N) is 1. The van der Waals surface area contributed by atoms with E-state index in [0.29, 0.717) is 11.9 Å². The van der Waals surface area contributed by atoms with E-state index < -0.39 is 18.1 Å². The summed E-state index contributed by atoms with van der Waals surface area (Å²) in [5, 5.41) is 2.65. The van der Waals surface area contributed by atoms with Gasteiger partial charge in [0, 0.05) is 18.0 Å². The number of aromatic nitrogens is 1. The molecule has 0 bridgehead atoms. The maximum atomic E-state index is 12.4. The Balaban J connectivity index is 0.00000420. The molecule has 0 aliphatic carbocycles. The Bertz CT molecular complexity index is 795. The Morgan fingerprint density at radius 1 is 1.03 bits per heavy atom. The van der Waals surface area contributed by atoms with Crippen molar-refractivity contribution in [3.8, 4) is 11.6 Å². The molecule has 0 saturated heterocycles. The maximum absolute atomic E-state index is 12.4. The lowest BCUT2D eigenvalue weighted by molar-refractivity contribution is -0.274. The van der Waals surface area contributed by atoms with E-state index in [-0.39, 0.29) is 54.7 Å². The largest absolute Gasteiger partial charge is 0.573 e. The van der Waals surface area contributed by atoms with Crippen LogP contribution in [0, 0.1) is 0 Å². The number of nitrogens with one attached hydrogen (secondary N) is 1. The van der Waals surface area contributed by atoms with Crippen LogP contribution in [0.2, 0.25) is 0 Å². The molecule has 6 nitrogen and oxygen atoms in total. The summed E-state index contributed by atoms with van der Waals surface area (Å²) >= 11 is 0. The highest BCUT2D eigenvalue weighted by molar-refractivity contribution is 14.0. The molecule has 1 aromatic carbocycles. The number of pyridine rings is 1. The highest BCUT2D eigenvalue weighted by Gasteiger charge is 2.31. The standard InChI is InChI=1S/C16H14F6N4O2.HI/c17-15(18,19)10-1-6-13(25-9-10)27-8-7-24-14(23)26-11-2-4-12(5-3-11)28-16(20,21)22;/h1-6,9H,7-8H2,(H3,23,24,26);1H. The quantitative estimate of drug-likeness (QED) is 0.188. The first kappa shape index (κ1) is 24.6. The number of alkyl halides is 6. The van der Waals surface area contributed by atoms with Gasteiger partial charge in [-0.1, -0.05) is 0 Å². The van der Waals surface area contributed by atoms with Crippen LogP contribution < -0.4 is 20.5 Å². The number of rotatable bonds is 6. The van der Waals surface area contributed by atoms with E-state index in [0.717, 1.165) is 24.3 Å². The van der Waals surface area contributed by atoms with Gasteiger partial charge >= 0.3 is 12.5 Å². The minimum Gasteiger partial charge on any atom is -0.476 e. The van der Waals surface area contributed by atoms with Gasteiger partial charge in [0.25, 0.3) is 0 Å². The van der Waals surface area contributed by atoms with E-state index in [1.165, 1.54) is 12.1 Å². The maximum Gasteiger partial charge on any atom is 0.573 e. The van der Waals surface area contributed by atoms with E-state index in [1.54, 1.807) is 0 Å². The van der Waals surface area contributed by atoms with Gasteiger partial charge in [0.15, 0.2) is 5.96 Å². The Hall–Kier alpha value is -2.45. The summed E-state index contributed by atoms with van der Waals surface area (Å²) in [6.07, 6.45) is -8.61. The number of nitrogens with zero attached hydrogens (tertiary/aromatic N) is 2. The molecule has 0 fully saturated rings. The van der Waals surface area contributed by atoms with Crippen molar-refractivity contribution < 1.29 is 35.8 Å². The van der Waals surface area contributed by atoms with Crippen LogP contribution >= 0.6 is 24.0 Å². The number of halogens is 7. The highest BCUT2D eigenvalue weighted by atomic mass is 127. The van der Waals surface area contributed by atoms with Crippen molar-refractivity contribution in [3.05, 3.63) is 48.2 Å². The zero-order valence-corrected chi connectivity index (χ0v) is 16.8. The molecule has 0 spiro atoms. The van der Waals surface area contributed by atoms with E-state index in [9.17, 15) is 26.3 Å². The minimum absolute atomic E-state index is 0. The lowest BCUT2D eigenvalue weighted by atomic mass is 10.3. The summed E-state index contributed by atoms with van der Waals surface area (Å²) < 4.78 is 82.3. The Morgan fingerprint density at radius 3 is 2.21 bits per heavy atom. The Morgan fingerprint density at radius 2 is 1.69 bits per heavy atom. The predicted octanol–water partition coefficient (Wildman–Crippen LogP) is 4.42. The molecule has 0 aliphatic heterocycles. The van der Waals surface area contributed by atoms with E-state index in [4.69, 9.17) is 10.5 Å². The zero-order chi connectivity index (χ0) is 20.8. The van der Waals surface area contributed by atoms with Crippen molar-refractivity contribution in [2.24, 2.45) is 10.7 Å². The van der Waals surface area contributed by atoms with Gasteiger partial charge in [-0.05, 0) is 30.3 Å². The van der Waals surface area contributed by atoms with Gasteiger partial charge in [0.1, 0.15) is 12.4 Å². The van der Waals surface area contributed by atoms with E-state index in [1.807, 2.05) is 0 Å². The van der Waals surface area contributed by atoms with Gasteiger partial charge in [-0.15, -0.1) is 37.1 Å². The number of anilines is 1. The van der Waals surface area contributed by atoms with Crippen LogP contribution in [0.25, 0.3) is 0 Å². The fraction of sp³-hybridized carbons (Fsp3) is 0.250. The molecule has 1 heterocycles. The number of benzene rings is 1. The highest BCUT2D eigenvalue weighted by Crippen LogP contribution is 2.29. The molecule has 3 N–H and O–H groups in total. The zero-order valence-electron chi connectivity index (χ0n) is 14.4. The first-order chi connectivity index (χ1) is 13.0. The number of ether oxygens (including phenoxy) is 2. The van der Waals surface area contributed by atoms with Crippen molar-refractivity contribution in [2.75, 3.05) is 18.5 Å². The summed E-state index contributed by atoms with van der Waals surface area (Å²) in [6, 6.07) is 6.75. The molecule has 29 heavy (non-hydrogen) atoms. The topological polar surface area (TPSA) is 81.8 Å². The molecule has 0 aliphatic rings. The summed E-state index contributed by atoms with van der Waals surface area (Å²) in [7, 11) is 0. The van der Waals surface area contributed by atoms with Crippen molar-refractivity contribution >= 4 is 35.6 Å². The first-order valence-corrected chi connectivity index (χ1v) is 7.62. The third kappa shape index (κ3) is 9.06. The predicted molar refractivity (Wildman–Crippen MR) is 103 cm³/mol. The van der Waals surface area contributed by atoms with Crippen LogP contribution in [0.1, 0.15) is 5.56 Å². The summed E-state index contributed by atoms with van der Waals surface area (Å²) in [5.74, 6) is -0.422. The van der Waals surface area contributed by atoms with Crippen LogP contribution in [0.3, 0.4) is 0 Å². The SMILES string of the molecule is I.NC(=NCCOc1ccc(C(F)(F)F)cn1)Nc1ccc(OC(F)(F)F)cc1. The second-order valence-corrected chi connectivity index (χ2v) is 5.20. The second kappa shape index (κ2) is 10.4. The summed E-state index contributed by atoms with van der Waals surface area (Å²) in [6.45, 7) is 0.0654. The summed E-state index contributed by atoms with van der Waals surface area (Å²) in [4.78, 5) is 7.45. The average molecular weight is 536 g/mol.